The number of hydrogen-bond acceptors (Lipinski definition) is 3. The smallest absolute Gasteiger partial charge is 0.343 e. The van der Waals surface area contributed by atoms with Crippen LogP contribution in [0.1, 0.15) is 48.8 Å². The van der Waals surface area contributed by atoms with Gasteiger partial charge in [0.05, 0.1) is 28.2 Å². The Hall–Kier alpha value is -2.65. The third kappa shape index (κ3) is 8.48. The first-order valence-corrected chi connectivity index (χ1v) is 11.9. The van der Waals surface area contributed by atoms with Crippen LogP contribution in [0.25, 0.3) is 0 Å². The van der Waals surface area contributed by atoms with E-state index < -0.39 is 36.3 Å². The van der Waals surface area contributed by atoms with E-state index in [4.69, 9.17) is 4.65 Å². The largest absolute Gasteiger partial charge is 0.832 e. The van der Waals surface area contributed by atoms with Crippen molar-refractivity contribution >= 4 is 7.32 Å². The predicted octanol–water partition coefficient (Wildman–Crippen LogP) is 5.00. The fraction of sp³-hybridized carbons (Fsp3) is 0.357. The summed E-state index contributed by atoms with van der Waals surface area (Å²) in [6.45, 7) is 2.00. The van der Waals surface area contributed by atoms with Crippen LogP contribution in [0.4, 0.5) is 13.2 Å². The van der Waals surface area contributed by atoms with E-state index in [1.54, 1.807) is 12.1 Å². The number of quaternary nitrogens is 1. The van der Waals surface area contributed by atoms with Gasteiger partial charge in [0.15, 0.2) is 0 Å². The van der Waals surface area contributed by atoms with Crippen LogP contribution in [0.15, 0.2) is 72.8 Å². The Kier molecular flexibility index (Phi) is 10.7. The molecule has 0 bridgehead atoms. The van der Waals surface area contributed by atoms with Gasteiger partial charge in [-0.3, -0.25) is 0 Å². The van der Waals surface area contributed by atoms with E-state index in [0.717, 1.165) is 17.3 Å². The fourth-order valence-electron chi connectivity index (χ4n) is 4.05. The lowest BCUT2D eigenvalue weighted by atomic mass is 9.70. The summed E-state index contributed by atoms with van der Waals surface area (Å²) in [7, 11) is 6.08. The lowest BCUT2D eigenvalue weighted by Gasteiger charge is -2.45. The molecule has 3 aromatic carbocycles. The summed E-state index contributed by atoms with van der Waals surface area (Å²) < 4.78 is 47.8. The van der Waals surface area contributed by atoms with Crippen LogP contribution in [-0.2, 0) is 10.3 Å². The average molecular weight is 501 g/mol. The summed E-state index contributed by atoms with van der Waals surface area (Å²) in [5.74, 6) is -1.93. The molecule has 3 rings (SSSR count). The van der Waals surface area contributed by atoms with Gasteiger partial charge in [0, 0.05) is 5.92 Å². The Morgan fingerprint density at radius 1 is 0.806 bits per heavy atom. The minimum Gasteiger partial charge on any atom is -0.832 e. The van der Waals surface area contributed by atoms with Crippen LogP contribution in [0.3, 0.4) is 0 Å². The molecule has 3 aromatic rings. The van der Waals surface area contributed by atoms with Gasteiger partial charge in [-0.05, 0) is 59.5 Å². The summed E-state index contributed by atoms with van der Waals surface area (Å²) >= 11 is 0. The van der Waals surface area contributed by atoms with Gasteiger partial charge in [0.1, 0.15) is 23.1 Å². The zero-order valence-corrected chi connectivity index (χ0v) is 21.5. The first-order valence-electron chi connectivity index (χ1n) is 11.9. The first-order chi connectivity index (χ1) is 16.9. The molecule has 0 saturated heterocycles. The lowest BCUT2D eigenvalue weighted by molar-refractivity contribution is -0.849. The third-order valence-electron chi connectivity index (χ3n) is 5.44. The van der Waals surface area contributed by atoms with E-state index in [1.807, 2.05) is 6.92 Å². The van der Waals surface area contributed by atoms with Crippen LogP contribution in [0.5, 0.6) is 0 Å². The molecule has 0 aliphatic carbocycles. The Labute approximate surface area is 212 Å². The van der Waals surface area contributed by atoms with Gasteiger partial charge in [0.2, 0.25) is 0 Å². The highest BCUT2D eigenvalue weighted by Gasteiger charge is 2.44. The van der Waals surface area contributed by atoms with Crippen LogP contribution >= 0.6 is 0 Å². The molecule has 1 N–H and O–H groups in total. The van der Waals surface area contributed by atoms with Crippen LogP contribution in [-0.4, -0.2) is 45.0 Å². The number of benzene rings is 3. The van der Waals surface area contributed by atoms with Crippen molar-refractivity contribution < 1.29 is 32.4 Å². The second-order valence-electron chi connectivity index (χ2n) is 10.1. The van der Waals surface area contributed by atoms with E-state index in [1.165, 1.54) is 60.7 Å². The highest BCUT2D eigenvalue weighted by Crippen LogP contribution is 2.48. The number of unbranched alkanes of at least 4 members (excludes halogenated alkanes) is 1. The van der Waals surface area contributed by atoms with Gasteiger partial charge in [-0.2, -0.15) is 0 Å². The zero-order chi connectivity index (χ0) is 26.9. The quantitative estimate of drug-likeness (QED) is 0.332. The summed E-state index contributed by atoms with van der Waals surface area (Å²) in [6.07, 6.45) is 2.09. The maximum Gasteiger partial charge on any atom is 0.343 e. The number of hydrogen-bond donors (Lipinski definition) is 1. The minimum absolute atomic E-state index is 0.417. The van der Waals surface area contributed by atoms with E-state index in [9.17, 15) is 23.2 Å². The summed E-state index contributed by atoms with van der Waals surface area (Å²) in [5.41, 5.74) is -0.0546. The van der Waals surface area contributed by atoms with Crippen LogP contribution in [0, 0.1) is 17.5 Å². The summed E-state index contributed by atoms with van der Waals surface area (Å²) in [5, 5.41) is 21.8. The minimum atomic E-state index is -2.42. The molecule has 194 valence electrons. The molecule has 0 saturated carbocycles. The maximum absolute atomic E-state index is 13.7. The zero-order valence-electron chi connectivity index (χ0n) is 21.5. The van der Waals surface area contributed by atoms with E-state index in [-0.39, 0.29) is 0 Å². The molecule has 0 aromatic heterocycles. The second kappa shape index (κ2) is 13.1. The monoisotopic (exact) mass is 501 g/mol. The van der Waals surface area contributed by atoms with Crippen LogP contribution in [0.2, 0.25) is 0 Å². The molecule has 0 fully saturated rings. The Morgan fingerprint density at radius 2 is 1.17 bits per heavy atom. The van der Waals surface area contributed by atoms with Crippen molar-refractivity contribution in [2.75, 3.05) is 28.2 Å². The molecule has 0 amide bonds. The van der Waals surface area contributed by atoms with Crippen molar-refractivity contribution in [2.24, 2.45) is 0 Å². The molecule has 0 aliphatic heterocycles. The number of halogens is 3. The SMILES string of the molecule is CCCCC(c1ccc(F)cc1)C(OB([O-])O)(c1ccc(F)cc1)c1ccc(F)cc1.C[N+](C)(C)C. The topological polar surface area (TPSA) is 52.5 Å². The lowest BCUT2D eigenvalue weighted by Crippen LogP contribution is -2.48. The van der Waals surface area contributed by atoms with Gasteiger partial charge in [-0.15, -0.1) is 0 Å². The van der Waals surface area contributed by atoms with Crippen LogP contribution < -0.4 is 5.02 Å². The molecule has 1 atom stereocenters. The van der Waals surface area contributed by atoms with E-state index >= 15 is 0 Å². The van der Waals surface area contributed by atoms with Crippen molar-refractivity contribution in [3.8, 4) is 0 Å². The van der Waals surface area contributed by atoms with Gasteiger partial charge in [-0.1, -0.05) is 56.2 Å². The van der Waals surface area contributed by atoms with Crippen molar-refractivity contribution in [3.05, 3.63) is 107 Å². The van der Waals surface area contributed by atoms with Gasteiger partial charge >= 0.3 is 7.32 Å². The second-order valence-corrected chi connectivity index (χ2v) is 10.1. The van der Waals surface area contributed by atoms with Crippen molar-refractivity contribution in [1.29, 1.82) is 0 Å². The fourth-order valence-corrected chi connectivity index (χ4v) is 4.05. The normalized spacial score (nSPS) is 12.5. The Balaban J connectivity index is 0.000000830. The molecule has 0 heterocycles. The molecular weight excluding hydrogens is 466 g/mol. The highest BCUT2D eigenvalue weighted by molar-refractivity contribution is 6.30. The highest BCUT2D eigenvalue weighted by atomic mass is 19.1. The average Bonchev–Trinajstić information content (AvgIpc) is 2.79. The third-order valence-corrected chi connectivity index (χ3v) is 5.44. The van der Waals surface area contributed by atoms with Crippen molar-refractivity contribution in [2.45, 2.75) is 37.7 Å². The molecule has 0 radical (unpaired) electrons. The molecular formula is C28H35BF3NO3. The molecule has 36 heavy (non-hydrogen) atoms. The van der Waals surface area contributed by atoms with Gasteiger partial charge in [-0.25, -0.2) is 13.2 Å². The Morgan fingerprint density at radius 3 is 1.50 bits per heavy atom. The van der Waals surface area contributed by atoms with Gasteiger partial charge < -0.3 is 19.2 Å². The van der Waals surface area contributed by atoms with E-state index in [0.29, 0.717) is 23.1 Å². The molecule has 8 heteroatoms. The van der Waals surface area contributed by atoms with Crippen molar-refractivity contribution in [1.82, 2.24) is 0 Å². The summed E-state index contributed by atoms with van der Waals surface area (Å²) in [4.78, 5) is 0. The number of rotatable bonds is 9. The van der Waals surface area contributed by atoms with Gasteiger partial charge in [0.25, 0.3) is 0 Å². The molecule has 0 aliphatic rings. The maximum atomic E-state index is 13.7. The van der Waals surface area contributed by atoms with E-state index in [2.05, 4.69) is 28.2 Å². The standard InChI is InChI=1S/C24H23BF3O3.C4H12N/c1-2-3-4-23(17-5-11-20(26)12-6-17)24(31-25(29)30,18-7-13-21(27)14-8-18)19-9-15-22(28)16-10-19;1-5(2,3)4/h5-16,23,29H,2-4H2,1H3;1-4H3/q-1;+1. The first kappa shape index (κ1) is 29.6. The predicted molar refractivity (Wildman–Crippen MR) is 135 cm³/mol. The number of nitrogens with zero attached hydrogens (tertiary/aromatic N) is 1. The van der Waals surface area contributed by atoms with Crippen molar-refractivity contribution in [3.63, 3.8) is 0 Å². The Bertz CT molecular complexity index is 1000. The molecule has 4 nitrogen and oxygen atoms in total. The molecule has 0 spiro atoms. The summed E-state index contributed by atoms with van der Waals surface area (Å²) in [6, 6.07) is 16.6. The molecule has 1 unspecified atom stereocenters.